The van der Waals surface area contributed by atoms with E-state index in [2.05, 4.69) is 20.2 Å². The van der Waals surface area contributed by atoms with Crippen LogP contribution in [0.25, 0.3) is 22.4 Å². The van der Waals surface area contributed by atoms with Crippen molar-refractivity contribution >= 4 is 22.8 Å². The summed E-state index contributed by atoms with van der Waals surface area (Å²) >= 11 is 1.56. The SMILES string of the molecule is O=c1[nH]c2ccccc2n1CCCSc1n[nH]c(-c2ccc3c(c2)OCCO3)n1. The predicted molar refractivity (Wildman–Crippen MR) is 111 cm³/mol. The molecule has 0 fully saturated rings. The van der Waals surface area contributed by atoms with Crippen LogP contribution in [0.1, 0.15) is 6.42 Å². The zero-order valence-electron chi connectivity index (χ0n) is 15.6. The predicted octanol–water partition coefficient (Wildman–Crippen LogP) is 3.07. The molecule has 0 bridgehead atoms. The van der Waals surface area contributed by atoms with E-state index in [4.69, 9.17) is 9.47 Å². The maximum absolute atomic E-state index is 12.1. The van der Waals surface area contributed by atoms with Gasteiger partial charge in [-0.3, -0.25) is 9.67 Å². The first-order valence-corrected chi connectivity index (χ1v) is 10.4. The van der Waals surface area contributed by atoms with Crippen LogP contribution in [0.2, 0.25) is 0 Å². The highest BCUT2D eigenvalue weighted by atomic mass is 32.2. The van der Waals surface area contributed by atoms with Gasteiger partial charge >= 0.3 is 5.69 Å². The second-order valence-corrected chi connectivity index (χ2v) is 7.69. The number of aromatic amines is 2. The number of H-pyrrole nitrogens is 2. The summed E-state index contributed by atoms with van der Waals surface area (Å²) in [6, 6.07) is 13.5. The quantitative estimate of drug-likeness (QED) is 0.375. The lowest BCUT2D eigenvalue weighted by Crippen LogP contribution is -2.17. The summed E-state index contributed by atoms with van der Waals surface area (Å²) in [4.78, 5) is 19.6. The molecule has 1 aliphatic rings. The van der Waals surface area contributed by atoms with Gasteiger partial charge in [-0.25, -0.2) is 9.78 Å². The Labute approximate surface area is 170 Å². The monoisotopic (exact) mass is 409 g/mol. The van der Waals surface area contributed by atoms with Gasteiger partial charge in [0.1, 0.15) is 13.2 Å². The lowest BCUT2D eigenvalue weighted by molar-refractivity contribution is 0.171. The van der Waals surface area contributed by atoms with Crippen LogP contribution in [0.5, 0.6) is 11.5 Å². The van der Waals surface area contributed by atoms with Crippen molar-refractivity contribution in [3.05, 3.63) is 52.9 Å². The summed E-state index contributed by atoms with van der Waals surface area (Å²) in [5.74, 6) is 2.98. The maximum atomic E-state index is 12.1. The molecule has 0 unspecified atom stereocenters. The van der Waals surface area contributed by atoms with Gasteiger partial charge in [0, 0.05) is 17.9 Å². The van der Waals surface area contributed by atoms with Gasteiger partial charge in [-0.15, -0.1) is 5.10 Å². The summed E-state index contributed by atoms with van der Waals surface area (Å²) < 4.78 is 12.9. The van der Waals surface area contributed by atoms with Crippen LogP contribution in [-0.4, -0.2) is 43.7 Å². The number of thioether (sulfide) groups is 1. The fraction of sp³-hybridized carbons (Fsp3) is 0.250. The molecule has 3 heterocycles. The number of hydrogen-bond donors (Lipinski definition) is 2. The molecule has 2 aromatic carbocycles. The smallest absolute Gasteiger partial charge is 0.326 e. The van der Waals surface area contributed by atoms with E-state index in [-0.39, 0.29) is 5.69 Å². The summed E-state index contributed by atoms with van der Waals surface area (Å²) in [5, 5.41) is 7.95. The molecule has 2 aromatic heterocycles. The average Bonchev–Trinajstić information content (AvgIpc) is 3.35. The molecule has 0 aliphatic carbocycles. The molecule has 0 radical (unpaired) electrons. The molecule has 8 nitrogen and oxygen atoms in total. The van der Waals surface area contributed by atoms with Crippen molar-refractivity contribution in [2.24, 2.45) is 0 Å². The number of hydrogen-bond acceptors (Lipinski definition) is 6. The van der Waals surface area contributed by atoms with Crippen molar-refractivity contribution in [3.8, 4) is 22.9 Å². The van der Waals surface area contributed by atoms with Crippen molar-refractivity contribution in [3.63, 3.8) is 0 Å². The normalized spacial score (nSPS) is 13.1. The lowest BCUT2D eigenvalue weighted by atomic mass is 10.2. The van der Waals surface area contributed by atoms with Crippen LogP contribution >= 0.6 is 11.8 Å². The van der Waals surface area contributed by atoms with Gasteiger partial charge in [-0.05, 0) is 36.8 Å². The highest BCUT2D eigenvalue weighted by molar-refractivity contribution is 7.99. The zero-order chi connectivity index (χ0) is 19.6. The molecule has 0 saturated carbocycles. The Morgan fingerprint density at radius 2 is 1.97 bits per heavy atom. The molecule has 0 amide bonds. The Hall–Kier alpha value is -3.20. The molecular formula is C20H19N5O3S. The number of aryl methyl sites for hydroxylation is 1. The molecule has 29 heavy (non-hydrogen) atoms. The molecular weight excluding hydrogens is 390 g/mol. The van der Waals surface area contributed by atoms with Crippen LogP contribution < -0.4 is 15.2 Å². The Kier molecular flexibility index (Phi) is 4.73. The summed E-state index contributed by atoms with van der Waals surface area (Å²) in [5.41, 5.74) is 2.62. The van der Waals surface area contributed by atoms with E-state index in [0.717, 1.165) is 40.3 Å². The number of imidazole rings is 1. The van der Waals surface area contributed by atoms with Crippen molar-refractivity contribution in [1.82, 2.24) is 24.7 Å². The van der Waals surface area contributed by atoms with E-state index >= 15 is 0 Å². The lowest BCUT2D eigenvalue weighted by Gasteiger charge is -2.18. The van der Waals surface area contributed by atoms with Crippen molar-refractivity contribution in [1.29, 1.82) is 0 Å². The number of para-hydroxylation sites is 2. The maximum Gasteiger partial charge on any atom is 0.326 e. The number of benzene rings is 2. The van der Waals surface area contributed by atoms with Gasteiger partial charge in [0.2, 0.25) is 5.16 Å². The number of nitrogens with one attached hydrogen (secondary N) is 2. The largest absolute Gasteiger partial charge is 0.486 e. The molecule has 5 rings (SSSR count). The first-order chi connectivity index (χ1) is 14.3. The number of fused-ring (bicyclic) bond motifs is 2. The van der Waals surface area contributed by atoms with Crippen molar-refractivity contribution < 1.29 is 9.47 Å². The Morgan fingerprint density at radius 1 is 1.10 bits per heavy atom. The fourth-order valence-electron chi connectivity index (χ4n) is 3.35. The third-order valence-corrected chi connectivity index (χ3v) is 5.65. The molecule has 9 heteroatoms. The van der Waals surface area contributed by atoms with Gasteiger partial charge in [0.15, 0.2) is 17.3 Å². The van der Waals surface area contributed by atoms with Crippen LogP contribution in [0.4, 0.5) is 0 Å². The third kappa shape index (κ3) is 3.61. The van der Waals surface area contributed by atoms with Crippen molar-refractivity contribution in [2.45, 2.75) is 18.1 Å². The standard InChI is InChI=1S/C20H19N5O3S/c26-20-21-14-4-1-2-5-15(14)25(20)8-3-11-29-19-22-18(23-24-19)13-6-7-16-17(12-13)28-10-9-27-16/h1-2,4-7,12H,3,8-11H2,(H,21,26)(H,22,23,24). The number of rotatable bonds is 6. The van der Waals surface area contributed by atoms with E-state index in [1.165, 1.54) is 0 Å². The minimum atomic E-state index is -0.0741. The molecule has 2 N–H and O–H groups in total. The molecule has 1 aliphatic heterocycles. The summed E-state index contributed by atoms with van der Waals surface area (Å²) in [6.45, 7) is 1.77. The number of aromatic nitrogens is 5. The van der Waals surface area contributed by atoms with Gasteiger partial charge < -0.3 is 14.5 Å². The average molecular weight is 409 g/mol. The van der Waals surface area contributed by atoms with Crippen LogP contribution in [0.15, 0.2) is 52.4 Å². The van der Waals surface area contributed by atoms with E-state index in [1.54, 1.807) is 16.3 Å². The van der Waals surface area contributed by atoms with Crippen molar-refractivity contribution in [2.75, 3.05) is 19.0 Å². The second-order valence-electron chi connectivity index (χ2n) is 6.63. The van der Waals surface area contributed by atoms with E-state index in [9.17, 15) is 4.79 Å². The third-order valence-electron chi connectivity index (χ3n) is 4.72. The summed E-state index contributed by atoms with van der Waals surface area (Å²) in [6.07, 6.45) is 0.834. The molecule has 0 atom stereocenters. The van der Waals surface area contributed by atoms with Gasteiger partial charge in [-0.1, -0.05) is 23.9 Å². The fourth-order valence-corrected chi connectivity index (χ4v) is 4.07. The van der Waals surface area contributed by atoms with Gasteiger partial charge in [0.05, 0.1) is 11.0 Å². The molecule has 148 valence electrons. The number of nitrogens with zero attached hydrogens (tertiary/aromatic N) is 3. The van der Waals surface area contributed by atoms with Gasteiger partial charge in [-0.2, -0.15) is 0 Å². The number of ether oxygens (including phenoxy) is 2. The minimum absolute atomic E-state index is 0.0741. The second kappa shape index (κ2) is 7.67. The zero-order valence-corrected chi connectivity index (χ0v) is 16.4. The minimum Gasteiger partial charge on any atom is -0.486 e. The van der Waals surface area contributed by atoms with Crippen LogP contribution in [0, 0.1) is 0 Å². The Morgan fingerprint density at radius 3 is 2.90 bits per heavy atom. The Bertz CT molecular complexity index is 1210. The highest BCUT2D eigenvalue weighted by Gasteiger charge is 2.14. The van der Waals surface area contributed by atoms with E-state index in [0.29, 0.717) is 30.7 Å². The van der Waals surface area contributed by atoms with Crippen LogP contribution in [-0.2, 0) is 6.54 Å². The molecule has 0 saturated heterocycles. The molecule has 4 aromatic rings. The van der Waals surface area contributed by atoms with E-state index < -0.39 is 0 Å². The summed E-state index contributed by atoms with van der Waals surface area (Å²) in [7, 11) is 0. The van der Waals surface area contributed by atoms with Gasteiger partial charge in [0.25, 0.3) is 0 Å². The Balaban J connectivity index is 1.21. The first-order valence-electron chi connectivity index (χ1n) is 9.41. The first kappa shape index (κ1) is 17.9. The van der Waals surface area contributed by atoms with Crippen LogP contribution in [0.3, 0.4) is 0 Å². The highest BCUT2D eigenvalue weighted by Crippen LogP contribution is 2.33. The van der Waals surface area contributed by atoms with E-state index in [1.807, 2.05) is 42.5 Å². The topological polar surface area (TPSA) is 97.8 Å². The molecule has 0 spiro atoms.